The van der Waals surface area contributed by atoms with Gasteiger partial charge < -0.3 is 9.84 Å². The Balaban J connectivity index is 1.97. The summed E-state index contributed by atoms with van der Waals surface area (Å²) in [6.07, 6.45) is 1.39. The minimum absolute atomic E-state index is 0.115. The van der Waals surface area contributed by atoms with Crippen LogP contribution in [0, 0.1) is 24.3 Å². The summed E-state index contributed by atoms with van der Waals surface area (Å²) in [5.74, 6) is 0.461. The van der Waals surface area contributed by atoms with Crippen molar-refractivity contribution in [1.82, 2.24) is 5.43 Å². The van der Waals surface area contributed by atoms with Gasteiger partial charge in [0.15, 0.2) is 6.61 Å². The first-order chi connectivity index (χ1) is 11.8. The zero-order chi connectivity index (χ0) is 18.6. The van der Waals surface area contributed by atoms with Crippen molar-refractivity contribution in [2.24, 2.45) is 5.10 Å². The van der Waals surface area contributed by atoms with Gasteiger partial charge in [0.25, 0.3) is 5.91 Å². The molecule has 7 heteroatoms. The van der Waals surface area contributed by atoms with Crippen LogP contribution in [0.2, 0.25) is 0 Å². The maximum absolute atomic E-state index is 11.9. The number of ether oxygens (including phenoxy) is 1. The maximum atomic E-state index is 11.9. The fourth-order valence-corrected chi connectivity index (χ4v) is 3.73. The van der Waals surface area contributed by atoms with Gasteiger partial charge in [-0.15, -0.1) is 0 Å². The number of aromatic hydroxyl groups is 1. The Morgan fingerprint density at radius 2 is 2.00 bits per heavy atom. The van der Waals surface area contributed by atoms with E-state index in [-0.39, 0.29) is 18.3 Å². The molecule has 2 rings (SSSR count). The molecule has 2 aromatic rings. The third-order valence-corrected chi connectivity index (χ3v) is 4.95. The topological polar surface area (TPSA) is 70.9 Å². The molecule has 25 heavy (non-hydrogen) atoms. The van der Waals surface area contributed by atoms with E-state index in [1.165, 1.54) is 6.21 Å². The first-order valence-electron chi connectivity index (χ1n) is 7.49. The molecule has 0 fully saturated rings. The van der Waals surface area contributed by atoms with Crippen molar-refractivity contribution < 1.29 is 14.6 Å². The lowest BCUT2D eigenvalue weighted by Crippen LogP contribution is -2.25. The number of halogens is 2. The monoisotopic (exact) mass is 516 g/mol. The molecule has 5 nitrogen and oxygen atoms in total. The standard InChI is InChI=1S/C18H18BrIN2O3/c1-10-4-5-11(2)18(12(10)3)25-9-16(23)22-21-8-13-6-14(19)7-15(20)17(13)24/h4-8,24H,9H2,1-3H3,(H,22,23)/b21-8-. The Kier molecular flexibility index (Phi) is 6.83. The van der Waals surface area contributed by atoms with E-state index in [4.69, 9.17) is 4.74 Å². The molecule has 2 N–H and O–H groups in total. The van der Waals surface area contributed by atoms with Crippen LogP contribution in [0.1, 0.15) is 22.3 Å². The number of amides is 1. The second-order valence-electron chi connectivity index (χ2n) is 5.56. The first-order valence-corrected chi connectivity index (χ1v) is 9.36. The van der Waals surface area contributed by atoms with E-state index in [2.05, 4.69) is 26.5 Å². The van der Waals surface area contributed by atoms with Crippen molar-refractivity contribution in [1.29, 1.82) is 0 Å². The van der Waals surface area contributed by atoms with Crippen molar-refractivity contribution in [3.63, 3.8) is 0 Å². The Morgan fingerprint density at radius 1 is 1.32 bits per heavy atom. The molecule has 0 atom stereocenters. The van der Waals surface area contributed by atoms with E-state index < -0.39 is 0 Å². The highest BCUT2D eigenvalue weighted by Crippen LogP contribution is 2.27. The molecule has 0 aromatic heterocycles. The smallest absolute Gasteiger partial charge is 0.277 e. The highest BCUT2D eigenvalue weighted by molar-refractivity contribution is 14.1. The van der Waals surface area contributed by atoms with Gasteiger partial charge in [-0.2, -0.15) is 5.10 Å². The van der Waals surface area contributed by atoms with Crippen LogP contribution < -0.4 is 10.2 Å². The molecule has 0 saturated heterocycles. The normalized spacial score (nSPS) is 10.9. The van der Waals surface area contributed by atoms with E-state index in [1.807, 2.05) is 55.5 Å². The lowest BCUT2D eigenvalue weighted by molar-refractivity contribution is -0.123. The third-order valence-electron chi connectivity index (χ3n) is 3.67. The average molecular weight is 517 g/mol. The molecule has 0 heterocycles. The molecule has 0 aliphatic heterocycles. The van der Waals surface area contributed by atoms with Crippen molar-refractivity contribution in [2.45, 2.75) is 20.8 Å². The minimum Gasteiger partial charge on any atom is -0.506 e. The summed E-state index contributed by atoms with van der Waals surface area (Å²) in [6.45, 7) is 5.77. The Bertz CT molecular complexity index is 838. The molecule has 0 aliphatic carbocycles. The van der Waals surface area contributed by atoms with Crippen molar-refractivity contribution >= 4 is 50.6 Å². The molecule has 0 aliphatic rings. The number of nitrogens with zero attached hydrogens (tertiary/aromatic N) is 1. The number of benzene rings is 2. The maximum Gasteiger partial charge on any atom is 0.277 e. The van der Waals surface area contributed by atoms with Gasteiger partial charge in [0.2, 0.25) is 0 Å². The lowest BCUT2D eigenvalue weighted by atomic mass is 10.1. The quantitative estimate of drug-likeness (QED) is 0.355. The number of phenols is 1. The van der Waals surface area contributed by atoms with Gasteiger partial charge >= 0.3 is 0 Å². The molecule has 0 unspecified atom stereocenters. The highest BCUT2D eigenvalue weighted by Gasteiger charge is 2.09. The number of aryl methyl sites for hydroxylation is 2. The van der Waals surface area contributed by atoms with Crippen molar-refractivity contribution in [3.8, 4) is 11.5 Å². The number of hydrogen-bond acceptors (Lipinski definition) is 4. The molecule has 0 saturated carbocycles. The fraction of sp³-hybridized carbons (Fsp3) is 0.222. The van der Waals surface area contributed by atoms with Crippen LogP contribution in [0.25, 0.3) is 0 Å². The summed E-state index contributed by atoms with van der Waals surface area (Å²) >= 11 is 5.37. The zero-order valence-electron chi connectivity index (χ0n) is 14.1. The predicted molar refractivity (Wildman–Crippen MR) is 110 cm³/mol. The zero-order valence-corrected chi connectivity index (χ0v) is 17.8. The van der Waals surface area contributed by atoms with Crippen LogP contribution in [0.4, 0.5) is 0 Å². The summed E-state index contributed by atoms with van der Waals surface area (Å²) in [4.78, 5) is 11.9. The second kappa shape index (κ2) is 8.66. The van der Waals surface area contributed by atoms with Crippen molar-refractivity contribution in [3.05, 3.63) is 54.6 Å². The molecular formula is C18H18BrIN2O3. The lowest BCUT2D eigenvalue weighted by Gasteiger charge is -2.13. The number of rotatable bonds is 5. The van der Waals surface area contributed by atoms with E-state index in [0.29, 0.717) is 9.13 Å². The number of carbonyl (C=O) groups is 1. The Hall–Kier alpha value is -1.61. The molecule has 2 aromatic carbocycles. The molecule has 0 spiro atoms. The minimum atomic E-state index is -0.374. The van der Waals surface area contributed by atoms with Gasteiger partial charge in [-0.3, -0.25) is 4.79 Å². The molecule has 0 bridgehead atoms. The summed E-state index contributed by atoms with van der Waals surface area (Å²) < 4.78 is 7.14. The van der Waals surface area contributed by atoms with E-state index >= 15 is 0 Å². The molecule has 132 valence electrons. The van der Waals surface area contributed by atoms with E-state index in [1.54, 1.807) is 12.1 Å². The molecular weight excluding hydrogens is 499 g/mol. The Labute approximate surface area is 168 Å². The molecule has 0 radical (unpaired) electrons. The van der Waals surface area contributed by atoms with Crippen LogP contribution in [0.5, 0.6) is 11.5 Å². The van der Waals surface area contributed by atoms with Gasteiger partial charge in [-0.25, -0.2) is 5.43 Å². The summed E-state index contributed by atoms with van der Waals surface area (Å²) in [6, 6.07) is 7.48. The van der Waals surface area contributed by atoms with E-state index in [9.17, 15) is 9.90 Å². The number of phenolic OH excluding ortho intramolecular Hbond substituents is 1. The molecule has 1 amide bonds. The van der Waals surface area contributed by atoms with Crippen LogP contribution in [-0.2, 0) is 4.79 Å². The number of nitrogens with one attached hydrogen (secondary N) is 1. The fourth-order valence-electron chi connectivity index (χ4n) is 2.18. The Morgan fingerprint density at radius 3 is 2.72 bits per heavy atom. The van der Waals surface area contributed by atoms with Gasteiger partial charge in [-0.05, 0) is 72.2 Å². The number of hydrogen-bond donors (Lipinski definition) is 2. The third kappa shape index (κ3) is 5.18. The summed E-state index contributed by atoms with van der Waals surface area (Å²) in [5, 5.41) is 13.8. The van der Waals surface area contributed by atoms with Gasteiger partial charge in [-0.1, -0.05) is 28.1 Å². The van der Waals surface area contributed by atoms with Crippen LogP contribution in [0.15, 0.2) is 33.8 Å². The van der Waals surface area contributed by atoms with Crippen molar-refractivity contribution in [2.75, 3.05) is 6.61 Å². The predicted octanol–water partition coefficient (Wildman–Crippen LogP) is 4.21. The first kappa shape index (κ1) is 19.7. The number of hydrazone groups is 1. The number of carbonyl (C=O) groups excluding carboxylic acids is 1. The van der Waals surface area contributed by atoms with Gasteiger partial charge in [0.1, 0.15) is 11.5 Å². The van der Waals surface area contributed by atoms with Gasteiger partial charge in [0.05, 0.1) is 9.78 Å². The highest BCUT2D eigenvalue weighted by atomic mass is 127. The second-order valence-corrected chi connectivity index (χ2v) is 7.64. The SMILES string of the molecule is Cc1ccc(C)c(OCC(=O)N/N=C\c2cc(Br)cc(I)c2O)c1C. The van der Waals surface area contributed by atoms with Gasteiger partial charge in [0, 0.05) is 10.0 Å². The van der Waals surface area contributed by atoms with Crippen LogP contribution >= 0.6 is 38.5 Å². The van der Waals surface area contributed by atoms with Crippen LogP contribution in [0.3, 0.4) is 0 Å². The summed E-state index contributed by atoms with van der Waals surface area (Å²) in [7, 11) is 0. The summed E-state index contributed by atoms with van der Waals surface area (Å²) in [5.41, 5.74) is 6.01. The average Bonchev–Trinajstić information content (AvgIpc) is 2.55. The van der Waals surface area contributed by atoms with Crippen LogP contribution in [-0.4, -0.2) is 23.8 Å². The largest absolute Gasteiger partial charge is 0.506 e. The van der Waals surface area contributed by atoms with E-state index in [0.717, 1.165) is 26.9 Å².